The summed E-state index contributed by atoms with van der Waals surface area (Å²) in [5, 5.41) is 20.3. The molecule has 0 amide bonds. The maximum atomic E-state index is 10.2. The molecule has 0 saturated heterocycles. The van der Waals surface area contributed by atoms with E-state index in [1.54, 1.807) is 25.3 Å². The molecule has 4 heteroatoms. The fourth-order valence-electron chi connectivity index (χ4n) is 2.53. The fraction of sp³-hybridized carbons (Fsp3) is 0.250. The van der Waals surface area contributed by atoms with E-state index in [-0.39, 0.29) is 0 Å². The summed E-state index contributed by atoms with van der Waals surface area (Å²) in [6.07, 6.45) is 0.509. The summed E-state index contributed by atoms with van der Waals surface area (Å²) in [5.41, 5.74) is 1.76. The average Bonchev–Trinajstić information content (AvgIpc) is 2.46. The molecule has 0 aliphatic carbocycles. The van der Waals surface area contributed by atoms with E-state index in [2.05, 4.69) is 0 Å². The lowest BCUT2D eigenvalue weighted by molar-refractivity contribution is -0.311. The summed E-state index contributed by atoms with van der Waals surface area (Å²) in [6.45, 7) is 0. The zero-order valence-corrected chi connectivity index (χ0v) is 11.1. The molecule has 0 aromatic heterocycles. The number of para-hydroxylation sites is 1. The normalized spacial score (nSPS) is 19.9. The molecule has 0 saturated carbocycles. The standard InChI is InChI=1S/C16H16O4/c1-19-13-8-6-11(7-9-13)14-10-12-4-2-3-5-15(12)20-16(14,17)18/h2-9,14,17-18H,10H2,1H3. The molecule has 2 aromatic carbocycles. The molecule has 0 radical (unpaired) electrons. The van der Waals surface area contributed by atoms with Gasteiger partial charge in [0.15, 0.2) is 0 Å². The van der Waals surface area contributed by atoms with Crippen molar-refractivity contribution < 1.29 is 19.7 Å². The Kier molecular flexibility index (Phi) is 3.12. The maximum absolute atomic E-state index is 10.2. The second-order valence-electron chi connectivity index (χ2n) is 4.90. The van der Waals surface area contributed by atoms with Crippen LogP contribution in [0.5, 0.6) is 11.5 Å². The quantitative estimate of drug-likeness (QED) is 0.822. The van der Waals surface area contributed by atoms with Gasteiger partial charge < -0.3 is 19.7 Å². The molecule has 104 valence electrons. The number of fused-ring (bicyclic) bond motifs is 1. The van der Waals surface area contributed by atoms with Crippen molar-refractivity contribution in [2.24, 2.45) is 0 Å². The lowest BCUT2D eigenvalue weighted by atomic mass is 9.87. The molecular formula is C16H16O4. The summed E-state index contributed by atoms with van der Waals surface area (Å²) in [5.74, 6) is -1.50. The van der Waals surface area contributed by atoms with E-state index in [4.69, 9.17) is 9.47 Å². The Morgan fingerprint density at radius 3 is 2.50 bits per heavy atom. The highest BCUT2D eigenvalue weighted by Gasteiger charge is 2.42. The van der Waals surface area contributed by atoms with Crippen LogP contribution >= 0.6 is 0 Å². The Hall–Kier alpha value is -2.04. The van der Waals surface area contributed by atoms with Crippen LogP contribution in [0.1, 0.15) is 17.0 Å². The smallest absolute Gasteiger partial charge is 0.329 e. The van der Waals surface area contributed by atoms with Crippen LogP contribution in [0.2, 0.25) is 0 Å². The molecule has 0 bridgehead atoms. The Labute approximate surface area is 117 Å². The second-order valence-corrected chi connectivity index (χ2v) is 4.90. The van der Waals surface area contributed by atoms with Crippen LogP contribution in [0.3, 0.4) is 0 Å². The van der Waals surface area contributed by atoms with Gasteiger partial charge in [-0.2, -0.15) is 0 Å². The molecule has 3 rings (SSSR count). The lowest BCUT2D eigenvalue weighted by Crippen LogP contribution is -2.45. The summed E-state index contributed by atoms with van der Waals surface area (Å²) in [4.78, 5) is 0. The third-order valence-electron chi connectivity index (χ3n) is 3.63. The first-order valence-electron chi connectivity index (χ1n) is 6.46. The van der Waals surface area contributed by atoms with Crippen molar-refractivity contribution in [3.05, 3.63) is 59.7 Å². The van der Waals surface area contributed by atoms with Crippen molar-refractivity contribution in [3.8, 4) is 11.5 Å². The molecule has 4 nitrogen and oxygen atoms in total. The molecule has 1 unspecified atom stereocenters. The van der Waals surface area contributed by atoms with Crippen molar-refractivity contribution in [3.63, 3.8) is 0 Å². The predicted octanol–water partition coefficient (Wildman–Crippen LogP) is 2.05. The van der Waals surface area contributed by atoms with Gasteiger partial charge in [-0.05, 0) is 35.7 Å². The van der Waals surface area contributed by atoms with E-state index in [1.165, 1.54) is 0 Å². The van der Waals surface area contributed by atoms with E-state index in [0.717, 1.165) is 16.9 Å². The van der Waals surface area contributed by atoms with Gasteiger partial charge in [-0.15, -0.1) is 0 Å². The van der Waals surface area contributed by atoms with Gasteiger partial charge in [-0.25, -0.2) is 0 Å². The van der Waals surface area contributed by atoms with Gasteiger partial charge in [0.2, 0.25) is 0 Å². The van der Waals surface area contributed by atoms with Gasteiger partial charge in [0.05, 0.1) is 13.0 Å². The molecule has 2 N–H and O–H groups in total. The Balaban J connectivity index is 1.96. The second kappa shape index (κ2) is 4.81. The molecule has 1 aliphatic heterocycles. The highest BCUT2D eigenvalue weighted by Crippen LogP contribution is 2.40. The molecule has 0 spiro atoms. The highest BCUT2D eigenvalue weighted by molar-refractivity contribution is 5.40. The highest BCUT2D eigenvalue weighted by atomic mass is 16.8. The third kappa shape index (κ3) is 2.24. The van der Waals surface area contributed by atoms with Crippen LogP contribution < -0.4 is 9.47 Å². The first-order valence-corrected chi connectivity index (χ1v) is 6.46. The number of hydrogen-bond acceptors (Lipinski definition) is 4. The maximum Gasteiger partial charge on any atom is 0.329 e. The molecule has 2 aromatic rings. The third-order valence-corrected chi connectivity index (χ3v) is 3.63. The van der Waals surface area contributed by atoms with Crippen LogP contribution in [0.25, 0.3) is 0 Å². The Bertz CT molecular complexity index is 604. The molecule has 1 heterocycles. The number of methoxy groups -OCH3 is 1. The Morgan fingerprint density at radius 2 is 1.80 bits per heavy atom. The van der Waals surface area contributed by atoms with Crippen LogP contribution in [0.15, 0.2) is 48.5 Å². The topological polar surface area (TPSA) is 58.9 Å². The van der Waals surface area contributed by atoms with Gasteiger partial charge >= 0.3 is 5.97 Å². The fourth-order valence-corrected chi connectivity index (χ4v) is 2.53. The van der Waals surface area contributed by atoms with Gasteiger partial charge in [-0.3, -0.25) is 0 Å². The van der Waals surface area contributed by atoms with E-state index in [1.807, 2.05) is 30.3 Å². The van der Waals surface area contributed by atoms with E-state index >= 15 is 0 Å². The zero-order valence-electron chi connectivity index (χ0n) is 11.1. The Morgan fingerprint density at radius 1 is 1.10 bits per heavy atom. The molecule has 20 heavy (non-hydrogen) atoms. The van der Waals surface area contributed by atoms with Gasteiger partial charge in [0.1, 0.15) is 11.5 Å². The number of aliphatic hydroxyl groups is 2. The molecule has 1 aliphatic rings. The first-order chi connectivity index (χ1) is 9.60. The minimum absolute atomic E-state index is 0.509. The van der Waals surface area contributed by atoms with E-state index in [9.17, 15) is 10.2 Å². The summed E-state index contributed by atoms with van der Waals surface area (Å²) in [7, 11) is 1.59. The van der Waals surface area contributed by atoms with Crippen LogP contribution in [0.4, 0.5) is 0 Å². The summed E-state index contributed by atoms with van der Waals surface area (Å²) in [6, 6.07) is 14.6. The lowest BCUT2D eigenvalue weighted by Gasteiger charge is -2.36. The van der Waals surface area contributed by atoms with Crippen LogP contribution in [0, 0.1) is 0 Å². The summed E-state index contributed by atoms with van der Waals surface area (Å²) < 4.78 is 10.4. The predicted molar refractivity (Wildman–Crippen MR) is 73.7 cm³/mol. The van der Waals surface area contributed by atoms with E-state index < -0.39 is 11.9 Å². The number of hydrogen-bond donors (Lipinski definition) is 2. The van der Waals surface area contributed by atoms with E-state index in [0.29, 0.717) is 12.2 Å². The molecular weight excluding hydrogens is 256 g/mol. The van der Waals surface area contributed by atoms with Gasteiger partial charge in [0, 0.05) is 0 Å². The minimum Gasteiger partial charge on any atom is -0.497 e. The van der Waals surface area contributed by atoms with Crippen molar-refractivity contribution >= 4 is 0 Å². The SMILES string of the molecule is COc1ccc(C2Cc3ccccc3OC2(O)O)cc1. The van der Waals surface area contributed by atoms with Gasteiger partial charge in [-0.1, -0.05) is 30.3 Å². The number of benzene rings is 2. The van der Waals surface area contributed by atoms with Crippen molar-refractivity contribution in [2.75, 3.05) is 7.11 Å². The number of rotatable bonds is 2. The monoisotopic (exact) mass is 272 g/mol. The van der Waals surface area contributed by atoms with Crippen molar-refractivity contribution in [1.82, 2.24) is 0 Å². The number of ether oxygens (including phenoxy) is 2. The average molecular weight is 272 g/mol. The van der Waals surface area contributed by atoms with Crippen molar-refractivity contribution in [1.29, 1.82) is 0 Å². The molecule has 0 fully saturated rings. The first kappa shape index (κ1) is 13.0. The zero-order chi connectivity index (χ0) is 14.2. The largest absolute Gasteiger partial charge is 0.497 e. The van der Waals surface area contributed by atoms with Crippen LogP contribution in [-0.2, 0) is 6.42 Å². The van der Waals surface area contributed by atoms with Crippen LogP contribution in [-0.4, -0.2) is 23.3 Å². The van der Waals surface area contributed by atoms with Crippen molar-refractivity contribution in [2.45, 2.75) is 18.3 Å². The minimum atomic E-state index is -2.21. The van der Waals surface area contributed by atoms with Gasteiger partial charge in [0.25, 0.3) is 0 Å². The summed E-state index contributed by atoms with van der Waals surface area (Å²) >= 11 is 0. The molecule has 1 atom stereocenters.